The summed E-state index contributed by atoms with van der Waals surface area (Å²) in [5, 5.41) is 10.5. The van der Waals surface area contributed by atoms with Crippen LogP contribution < -0.4 is 0 Å². The minimum Gasteiger partial charge on any atom is -0.396 e. The molecule has 0 bridgehead atoms. The molecule has 0 aliphatic heterocycles. The molecule has 0 saturated heterocycles. The lowest BCUT2D eigenvalue weighted by Gasteiger charge is -2.12. The van der Waals surface area contributed by atoms with E-state index in [1.165, 1.54) is 17.0 Å². The van der Waals surface area contributed by atoms with Gasteiger partial charge in [-0.1, -0.05) is 12.1 Å². The number of thiazole rings is 1. The number of rotatable bonds is 5. The largest absolute Gasteiger partial charge is 0.396 e. The predicted molar refractivity (Wildman–Crippen MR) is 76.0 cm³/mol. The van der Waals surface area contributed by atoms with E-state index in [0.717, 1.165) is 22.7 Å². The molecular formula is C15H18FNOS. The number of aliphatic hydroxyl groups excluding tert-OH is 1. The summed E-state index contributed by atoms with van der Waals surface area (Å²) >= 11 is 1.68. The zero-order valence-corrected chi connectivity index (χ0v) is 12.0. The van der Waals surface area contributed by atoms with Crippen LogP contribution in [0.2, 0.25) is 0 Å². The zero-order chi connectivity index (χ0) is 13.8. The molecule has 2 rings (SSSR count). The highest BCUT2D eigenvalue weighted by Gasteiger charge is 2.13. The summed E-state index contributed by atoms with van der Waals surface area (Å²) in [6, 6.07) is 6.56. The first-order chi connectivity index (χ1) is 9.08. The van der Waals surface area contributed by atoms with Crippen molar-refractivity contribution >= 4 is 11.3 Å². The topological polar surface area (TPSA) is 33.1 Å². The summed E-state index contributed by atoms with van der Waals surface area (Å²) < 4.78 is 13.1. The normalized spacial score (nSPS) is 12.6. The quantitative estimate of drug-likeness (QED) is 0.911. The number of nitrogens with zero attached hydrogens (tertiary/aromatic N) is 1. The molecule has 1 aromatic heterocycles. The van der Waals surface area contributed by atoms with Crippen LogP contribution >= 0.6 is 11.3 Å². The standard InChI is InChI=1S/C15H18FNOS/c1-10-11(2)19-15(17-10)8-13(9-18)6-12-4-3-5-14(16)7-12/h3-5,7,13,18H,6,8-9H2,1-2H3. The maximum Gasteiger partial charge on any atom is 0.123 e. The number of aryl methyl sites for hydroxylation is 2. The van der Waals surface area contributed by atoms with Crippen LogP contribution in [0, 0.1) is 25.6 Å². The Morgan fingerprint density at radius 1 is 1.32 bits per heavy atom. The lowest BCUT2D eigenvalue weighted by Crippen LogP contribution is -2.13. The third-order valence-corrected chi connectivity index (χ3v) is 4.30. The Labute approximate surface area is 116 Å². The fraction of sp³-hybridized carbons (Fsp3) is 0.400. The average molecular weight is 279 g/mol. The van der Waals surface area contributed by atoms with Crippen molar-refractivity contribution in [2.75, 3.05) is 6.61 Å². The molecule has 2 aromatic rings. The van der Waals surface area contributed by atoms with E-state index in [1.807, 2.05) is 13.0 Å². The van der Waals surface area contributed by atoms with E-state index in [4.69, 9.17) is 0 Å². The van der Waals surface area contributed by atoms with Gasteiger partial charge in [0.25, 0.3) is 0 Å². The number of aliphatic hydroxyl groups is 1. The molecule has 0 amide bonds. The third-order valence-electron chi connectivity index (χ3n) is 3.21. The third kappa shape index (κ3) is 3.85. The van der Waals surface area contributed by atoms with Gasteiger partial charge in [0.15, 0.2) is 0 Å². The number of benzene rings is 1. The smallest absolute Gasteiger partial charge is 0.123 e. The van der Waals surface area contributed by atoms with E-state index >= 15 is 0 Å². The molecule has 0 aliphatic carbocycles. The van der Waals surface area contributed by atoms with E-state index < -0.39 is 0 Å². The molecule has 1 aromatic carbocycles. The van der Waals surface area contributed by atoms with E-state index in [2.05, 4.69) is 11.9 Å². The predicted octanol–water partition coefficient (Wildman–Crippen LogP) is 3.29. The summed E-state index contributed by atoms with van der Waals surface area (Å²) in [5.41, 5.74) is 1.98. The van der Waals surface area contributed by atoms with Crippen LogP contribution in [0.1, 0.15) is 21.1 Å². The minimum absolute atomic E-state index is 0.0896. The molecule has 0 radical (unpaired) electrons. The van der Waals surface area contributed by atoms with Gasteiger partial charge in [-0.15, -0.1) is 11.3 Å². The first-order valence-corrected chi connectivity index (χ1v) is 7.18. The fourth-order valence-corrected chi connectivity index (χ4v) is 3.12. The molecule has 1 heterocycles. The number of halogens is 1. The number of aromatic nitrogens is 1. The van der Waals surface area contributed by atoms with Gasteiger partial charge in [0.1, 0.15) is 5.82 Å². The summed E-state index contributed by atoms with van der Waals surface area (Å²) in [7, 11) is 0. The lowest BCUT2D eigenvalue weighted by molar-refractivity contribution is 0.225. The Hall–Kier alpha value is -1.26. The van der Waals surface area contributed by atoms with Crippen LogP contribution in [0.3, 0.4) is 0 Å². The fourth-order valence-electron chi connectivity index (χ4n) is 2.07. The maximum atomic E-state index is 13.1. The molecule has 2 nitrogen and oxygen atoms in total. The lowest BCUT2D eigenvalue weighted by atomic mass is 9.97. The highest BCUT2D eigenvalue weighted by molar-refractivity contribution is 7.11. The minimum atomic E-state index is -0.227. The second-order valence-corrected chi connectivity index (χ2v) is 6.12. The Bertz CT molecular complexity index is 533. The molecule has 0 saturated carbocycles. The first kappa shape index (κ1) is 14.2. The average Bonchev–Trinajstić information content (AvgIpc) is 2.67. The monoisotopic (exact) mass is 279 g/mol. The molecule has 4 heteroatoms. The van der Waals surface area contributed by atoms with Crippen LogP contribution in [0.25, 0.3) is 0 Å². The summed E-state index contributed by atoms with van der Waals surface area (Å²) in [6.45, 7) is 4.14. The van der Waals surface area contributed by atoms with Gasteiger partial charge in [-0.25, -0.2) is 9.37 Å². The van der Waals surface area contributed by atoms with Crippen molar-refractivity contribution in [3.05, 3.63) is 51.2 Å². The van der Waals surface area contributed by atoms with Crippen molar-refractivity contribution in [3.63, 3.8) is 0 Å². The van der Waals surface area contributed by atoms with Crippen LogP contribution in [0.4, 0.5) is 4.39 Å². The van der Waals surface area contributed by atoms with Crippen molar-refractivity contribution in [3.8, 4) is 0 Å². The van der Waals surface area contributed by atoms with Gasteiger partial charge in [-0.3, -0.25) is 0 Å². The van der Waals surface area contributed by atoms with Gasteiger partial charge in [-0.2, -0.15) is 0 Å². The molecule has 1 atom stereocenters. The van der Waals surface area contributed by atoms with Gasteiger partial charge in [0.2, 0.25) is 0 Å². The Morgan fingerprint density at radius 2 is 2.11 bits per heavy atom. The van der Waals surface area contributed by atoms with Gasteiger partial charge in [0.05, 0.1) is 10.7 Å². The Balaban J connectivity index is 2.04. The molecule has 1 N–H and O–H groups in total. The number of hydrogen-bond donors (Lipinski definition) is 1. The van der Waals surface area contributed by atoms with E-state index in [-0.39, 0.29) is 18.3 Å². The molecule has 0 aliphatic rings. The Morgan fingerprint density at radius 3 is 2.68 bits per heavy atom. The van der Waals surface area contributed by atoms with E-state index in [9.17, 15) is 9.50 Å². The van der Waals surface area contributed by atoms with Gasteiger partial charge in [0, 0.05) is 17.9 Å². The summed E-state index contributed by atoms with van der Waals surface area (Å²) in [6.07, 6.45) is 1.41. The second-order valence-electron chi connectivity index (χ2n) is 4.84. The summed E-state index contributed by atoms with van der Waals surface area (Å²) in [4.78, 5) is 5.71. The van der Waals surface area contributed by atoms with E-state index in [1.54, 1.807) is 17.4 Å². The van der Waals surface area contributed by atoms with Crippen LogP contribution in [0.15, 0.2) is 24.3 Å². The van der Waals surface area contributed by atoms with E-state index in [0.29, 0.717) is 6.42 Å². The van der Waals surface area contributed by atoms with Crippen LogP contribution in [0.5, 0.6) is 0 Å². The van der Waals surface area contributed by atoms with Crippen molar-refractivity contribution < 1.29 is 9.50 Å². The van der Waals surface area contributed by atoms with Gasteiger partial charge >= 0.3 is 0 Å². The van der Waals surface area contributed by atoms with Gasteiger partial charge in [-0.05, 0) is 43.9 Å². The molecule has 19 heavy (non-hydrogen) atoms. The van der Waals surface area contributed by atoms with Crippen molar-refractivity contribution in [2.24, 2.45) is 5.92 Å². The van der Waals surface area contributed by atoms with Crippen LogP contribution in [-0.4, -0.2) is 16.7 Å². The SMILES string of the molecule is Cc1nc(CC(CO)Cc2cccc(F)c2)sc1C. The Kier molecular flexibility index (Phi) is 4.66. The zero-order valence-electron chi connectivity index (χ0n) is 11.2. The molecule has 1 unspecified atom stereocenters. The molecule has 0 spiro atoms. The van der Waals surface area contributed by atoms with Crippen molar-refractivity contribution in [2.45, 2.75) is 26.7 Å². The highest BCUT2D eigenvalue weighted by Crippen LogP contribution is 2.21. The van der Waals surface area contributed by atoms with Gasteiger partial charge < -0.3 is 5.11 Å². The second kappa shape index (κ2) is 6.26. The number of hydrogen-bond acceptors (Lipinski definition) is 3. The maximum absolute atomic E-state index is 13.1. The van der Waals surface area contributed by atoms with Crippen LogP contribution in [-0.2, 0) is 12.8 Å². The first-order valence-electron chi connectivity index (χ1n) is 6.36. The van der Waals surface area contributed by atoms with Crippen molar-refractivity contribution in [1.29, 1.82) is 0 Å². The molecule has 102 valence electrons. The molecule has 0 fully saturated rings. The molecular weight excluding hydrogens is 261 g/mol. The highest BCUT2D eigenvalue weighted by atomic mass is 32.1. The summed E-state index contributed by atoms with van der Waals surface area (Å²) in [5.74, 6) is -0.137. The van der Waals surface area contributed by atoms with Crippen molar-refractivity contribution in [1.82, 2.24) is 4.98 Å².